The number of rotatable bonds is 4. The molecule has 0 radical (unpaired) electrons. The van der Waals surface area contributed by atoms with Crippen LogP contribution in [-0.4, -0.2) is 48.1 Å². The maximum atomic E-state index is 13.5. The van der Waals surface area contributed by atoms with E-state index in [1.165, 1.54) is 0 Å². The summed E-state index contributed by atoms with van der Waals surface area (Å²) in [4.78, 5) is 11.9. The fraction of sp³-hybridized carbons (Fsp3) is 0.444. The Labute approximate surface area is 164 Å². The fourth-order valence-electron chi connectivity index (χ4n) is 3.12. The second-order valence-electron chi connectivity index (χ2n) is 6.71. The summed E-state index contributed by atoms with van der Waals surface area (Å²) in [6.07, 6.45) is -2.06. The van der Waals surface area contributed by atoms with Gasteiger partial charge in [0.25, 0.3) is 0 Å². The van der Waals surface area contributed by atoms with Gasteiger partial charge in [0, 0.05) is 29.4 Å². The molecule has 1 aromatic heterocycles. The average Bonchev–Trinajstić information content (AvgIpc) is 2.63. The largest absolute Gasteiger partial charge is 0.421 e. The van der Waals surface area contributed by atoms with Crippen molar-refractivity contribution in [2.75, 3.05) is 37.4 Å². The van der Waals surface area contributed by atoms with Crippen LogP contribution in [0.25, 0.3) is 0 Å². The van der Waals surface area contributed by atoms with Crippen LogP contribution in [0, 0.1) is 0 Å². The lowest BCUT2D eigenvalue weighted by atomic mass is 10.0. The Morgan fingerprint density at radius 1 is 1.19 bits per heavy atom. The average molecular weight is 444 g/mol. The number of anilines is 3. The van der Waals surface area contributed by atoms with Gasteiger partial charge in [-0.05, 0) is 57.2 Å². The van der Waals surface area contributed by atoms with E-state index in [1.54, 1.807) is 24.1 Å². The Bertz CT molecular complexity index is 774. The van der Waals surface area contributed by atoms with Gasteiger partial charge in [-0.25, -0.2) is 4.98 Å². The number of alkyl halides is 3. The Morgan fingerprint density at radius 3 is 2.41 bits per heavy atom. The summed E-state index contributed by atoms with van der Waals surface area (Å²) < 4.78 is 41.4. The lowest BCUT2D eigenvalue weighted by Gasteiger charge is -2.36. The number of hydrogen-bond donors (Lipinski definition) is 1. The molecule has 0 atom stereocenters. The molecule has 5 nitrogen and oxygen atoms in total. The van der Waals surface area contributed by atoms with Gasteiger partial charge in [0.1, 0.15) is 11.4 Å². The molecule has 1 saturated heterocycles. The molecule has 1 fully saturated rings. The zero-order valence-corrected chi connectivity index (χ0v) is 16.7. The van der Waals surface area contributed by atoms with Gasteiger partial charge in [0.2, 0.25) is 5.95 Å². The molecule has 0 unspecified atom stereocenters. The van der Waals surface area contributed by atoms with E-state index in [9.17, 15) is 13.2 Å². The van der Waals surface area contributed by atoms with Crippen molar-refractivity contribution in [2.24, 2.45) is 0 Å². The first-order valence-corrected chi connectivity index (χ1v) is 9.41. The van der Waals surface area contributed by atoms with Gasteiger partial charge in [-0.3, -0.25) is 0 Å². The van der Waals surface area contributed by atoms with Crippen LogP contribution in [-0.2, 0) is 6.18 Å². The van der Waals surface area contributed by atoms with E-state index in [4.69, 9.17) is 0 Å². The first-order chi connectivity index (χ1) is 12.7. The van der Waals surface area contributed by atoms with Gasteiger partial charge >= 0.3 is 6.18 Å². The van der Waals surface area contributed by atoms with Crippen LogP contribution in [0.5, 0.6) is 0 Å². The summed E-state index contributed by atoms with van der Waals surface area (Å²) >= 11 is 3.35. The predicted octanol–water partition coefficient (Wildman–Crippen LogP) is 4.53. The molecule has 27 heavy (non-hydrogen) atoms. The Kier molecular flexibility index (Phi) is 5.90. The summed E-state index contributed by atoms with van der Waals surface area (Å²) in [5.41, 5.74) is -0.115. The number of piperidine rings is 1. The molecule has 1 aromatic carbocycles. The van der Waals surface area contributed by atoms with Crippen molar-refractivity contribution in [3.05, 3.63) is 40.5 Å². The highest BCUT2D eigenvalue weighted by atomic mass is 79.9. The van der Waals surface area contributed by atoms with E-state index < -0.39 is 11.7 Å². The van der Waals surface area contributed by atoms with Crippen LogP contribution in [0.2, 0.25) is 0 Å². The summed E-state index contributed by atoms with van der Waals surface area (Å²) in [7, 11) is 3.69. The SMILES string of the molecule is CN1CCC(N(C)c2nc(Nc3ccc(Br)cc3)ncc2C(F)(F)F)CC1. The Hall–Kier alpha value is -1.87. The number of nitrogens with zero attached hydrogens (tertiary/aromatic N) is 4. The Morgan fingerprint density at radius 2 is 1.81 bits per heavy atom. The number of hydrogen-bond acceptors (Lipinski definition) is 5. The van der Waals surface area contributed by atoms with E-state index in [-0.39, 0.29) is 17.8 Å². The molecule has 146 valence electrons. The van der Waals surface area contributed by atoms with Gasteiger partial charge in [0.05, 0.1) is 0 Å². The van der Waals surface area contributed by atoms with E-state index in [0.717, 1.165) is 36.6 Å². The van der Waals surface area contributed by atoms with E-state index in [1.807, 2.05) is 19.2 Å². The standard InChI is InChI=1S/C18H21BrF3N5/c1-26-9-7-14(8-10-26)27(2)16-15(18(20,21)22)11-23-17(25-16)24-13-5-3-12(19)4-6-13/h3-6,11,14H,7-10H2,1-2H3,(H,23,24,25). The number of benzene rings is 1. The van der Waals surface area contributed by atoms with Gasteiger partial charge in [-0.1, -0.05) is 15.9 Å². The molecule has 1 N–H and O–H groups in total. The van der Waals surface area contributed by atoms with Crippen LogP contribution in [0.15, 0.2) is 34.9 Å². The molecule has 1 aliphatic heterocycles. The maximum Gasteiger partial charge on any atom is 0.421 e. The highest BCUT2D eigenvalue weighted by molar-refractivity contribution is 9.10. The van der Waals surface area contributed by atoms with Crippen LogP contribution >= 0.6 is 15.9 Å². The molecule has 0 bridgehead atoms. The van der Waals surface area contributed by atoms with Gasteiger partial charge in [-0.15, -0.1) is 0 Å². The second kappa shape index (κ2) is 8.02. The van der Waals surface area contributed by atoms with Crippen molar-refractivity contribution in [1.82, 2.24) is 14.9 Å². The summed E-state index contributed by atoms with van der Waals surface area (Å²) in [6, 6.07) is 7.27. The van der Waals surface area contributed by atoms with E-state index in [0.29, 0.717) is 5.69 Å². The lowest BCUT2D eigenvalue weighted by molar-refractivity contribution is -0.137. The zero-order chi connectivity index (χ0) is 19.6. The van der Waals surface area contributed by atoms with Crippen molar-refractivity contribution >= 4 is 33.4 Å². The quantitative estimate of drug-likeness (QED) is 0.751. The highest BCUT2D eigenvalue weighted by Gasteiger charge is 2.37. The second-order valence-corrected chi connectivity index (χ2v) is 7.62. The minimum Gasteiger partial charge on any atom is -0.356 e. The Balaban J connectivity index is 1.90. The minimum atomic E-state index is -4.51. The summed E-state index contributed by atoms with van der Waals surface area (Å²) in [5, 5.41) is 2.97. The first-order valence-electron chi connectivity index (χ1n) is 8.62. The normalized spacial score (nSPS) is 16.4. The fourth-order valence-corrected chi connectivity index (χ4v) is 3.38. The lowest BCUT2D eigenvalue weighted by Crippen LogP contribution is -2.43. The van der Waals surface area contributed by atoms with Gasteiger partial charge in [0.15, 0.2) is 0 Å². The number of halogens is 4. The van der Waals surface area contributed by atoms with E-state index >= 15 is 0 Å². The number of aromatic nitrogens is 2. The van der Waals surface area contributed by atoms with Crippen LogP contribution < -0.4 is 10.2 Å². The monoisotopic (exact) mass is 443 g/mol. The maximum absolute atomic E-state index is 13.5. The highest BCUT2D eigenvalue weighted by Crippen LogP contribution is 2.37. The van der Waals surface area contributed by atoms with Gasteiger partial charge < -0.3 is 15.1 Å². The molecule has 0 aliphatic carbocycles. The van der Waals surface area contributed by atoms with Crippen molar-refractivity contribution in [1.29, 1.82) is 0 Å². The van der Waals surface area contributed by atoms with Crippen molar-refractivity contribution in [3.8, 4) is 0 Å². The molecule has 0 amide bonds. The summed E-state index contributed by atoms with van der Waals surface area (Å²) in [6.45, 7) is 1.71. The molecule has 0 saturated carbocycles. The van der Waals surface area contributed by atoms with Crippen LogP contribution in [0.3, 0.4) is 0 Å². The molecular weight excluding hydrogens is 423 g/mol. The summed E-state index contributed by atoms with van der Waals surface area (Å²) in [5.74, 6) is 0.0479. The van der Waals surface area contributed by atoms with Crippen molar-refractivity contribution in [3.63, 3.8) is 0 Å². The van der Waals surface area contributed by atoms with Crippen LogP contribution in [0.1, 0.15) is 18.4 Å². The topological polar surface area (TPSA) is 44.3 Å². The third-order valence-corrected chi connectivity index (χ3v) is 5.27. The predicted molar refractivity (Wildman–Crippen MR) is 103 cm³/mol. The number of likely N-dealkylation sites (tertiary alicyclic amines) is 1. The van der Waals surface area contributed by atoms with Gasteiger partial charge in [-0.2, -0.15) is 18.2 Å². The molecule has 3 rings (SSSR count). The molecule has 2 heterocycles. The van der Waals surface area contributed by atoms with E-state index in [2.05, 4.69) is 36.1 Å². The van der Waals surface area contributed by atoms with Crippen molar-refractivity contribution in [2.45, 2.75) is 25.1 Å². The zero-order valence-electron chi connectivity index (χ0n) is 15.1. The smallest absolute Gasteiger partial charge is 0.356 e. The molecule has 1 aliphatic rings. The van der Waals surface area contributed by atoms with Crippen LogP contribution in [0.4, 0.5) is 30.6 Å². The molecular formula is C18H21BrF3N5. The third-order valence-electron chi connectivity index (χ3n) is 4.74. The third kappa shape index (κ3) is 4.90. The van der Waals surface area contributed by atoms with Crippen molar-refractivity contribution < 1.29 is 13.2 Å². The molecule has 0 spiro atoms. The molecule has 2 aromatic rings. The first kappa shape index (κ1) is 19.9. The molecule has 9 heteroatoms. The minimum absolute atomic E-state index is 0.0118. The number of nitrogens with one attached hydrogen (secondary N) is 1.